The molecule has 3 aromatic rings. The highest BCUT2D eigenvalue weighted by Crippen LogP contribution is 2.37. The quantitative estimate of drug-likeness (QED) is 0.647. The van der Waals surface area contributed by atoms with Gasteiger partial charge in [-0.25, -0.2) is 4.39 Å². The van der Waals surface area contributed by atoms with E-state index in [1.165, 1.54) is 12.1 Å². The molecule has 0 aliphatic heterocycles. The van der Waals surface area contributed by atoms with E-state index < -0.39 is 0 Å². The number of anilines is 1. The van der Waals surface area contributed by atoms with Crippen molar-refractivity contribution in [1.29, 1.82) is 0 Å². The van der Waals surface area contributed by atoms with E-state index in [-0.39, 0.29) is 18.1 Å². The number of nitrogens with zero attached hydrogens (tertiary/aromatic N) is 1. The number of methoxy groups -OCH3 is 2. The number of rotatable bonds is 7. The molecule has 3 rings (SSSR count). The van der Waals surface area contributed by atoms with Gasteiger partial charge in [-0.05, 0) is 36.2 Å². The van der Waals surface area contributed by atoms with Crippen molar-refractivity contribution in [3.8, 4) is 22.8 Å². The largest absolute Gasteiger partial charge is 0.497 e. The number of benzene rings is 2. The molecule has 2 N–H and O–H groups in total. The molecule has 7 heteroatoms. The Labute approximate surface area is 162 Å². The van der Waals surface area contributed by atoms with Gasteiger partial charge >= 0.3 is 0 Å². The Balaban J connectivity index is 1.90. The van der Waals surface area contributed by atoms with Gasteiger partial charge in [0.05, 0.1) is 32.0 Å². The number of aromatic nitrogens is 2. The lowest BCUT2D eigenvalue weighted by molar-refractivity contribution is -0.115. The molecule has 1 heterocycles. The zero-order valence-corrected chi connectivity index (χ0v) is 16.0. The van der Waals surface area contributed by atoms with Crippen molar-refractivity contribution in [1.82, 2.24) is 10.2 Å². The number of amides is 1. The summed E-state index contributed by atoms with van der Waals surface area (Å²) in [5.74, 6) is 0.703. The SMILES string of the molecule is CCc1[nH]nc(-c2ccc(OC)cc2OC)c1NC(=O)Cc1ccc(F)cc1. The molecule has 0 aliphatic rings. The van der Waals surface area contributed by atoms with Crippen molar-refractivity contribution in [3.05, 3.63) is 59.5 Å². The molecule has 0 spiro atoms. The van der Waals surface area contributed by atoms with Crippen LogP contribution >= 0.6 is 0 Å². The Bertz CT molecular complexity index is 968. The molecular weight excluding hydrogens is 361 g/mol. The smallest absolute Gasteiger partial charge is 0.228 e. The first kappa shape index (κ1) is 19.4. The summed E-state index contributed by atoms with van der Waals surface area (Å²) < 4.78 is 23.8. The summed E-state index contributed by atoms with van der Waals surface area (Å²) in [7, 11) is 3.15. The van der Waals surface area contributed by atoms with Crippen molar-refractivity contribution in [2.75, 3.05) is 19.5 Å². The van der Waals surface area contributed by atoms with Crippen molar-refractivity contribution in [2.24, 2.45) is 0 Å². The van der Waals surface area contributed by atoms with Gasteiger partial charge in [0, 0.05) is 11.6 Å². The van der Waals surface area contributed by atoms with Crippen molar-refractivity contribution in [2.45, 2.75) is 19.8 Å². The molecule has 146 valence electrons. The molecule has 0 radical (unpaired) electrons. The molecule has 6 nitrogen and oxygen atoms in total. The topological polar surface area (TPSA) is 76.2 Å². The van der Waals surface area contributed by atoms with Gasteiger partial charge < -0.3 is 14.8 Å². The minimum atomic E-state index is -0.332. The average Bonchev–Trinajstić information content (AvgIpc) is 3.11. The fourth-order valence-corrected chi connectivity index (χ4v) is 2.93. The van der Waals surface area contributed by atoms with Crippen LogP contribution < -0.4 is 14.8 Å². The summed E-state index contributed by atoms with van der Waals surface area (Å²) >= 11 is 0. The second-order valence-corrected chi connectivity index (χ2v) is 6.20. The van der Waals surface area contributed by atoms with Crippen LogP contribution in [0.5, 0.6) is 11.5 Å². The molecular formula is C21H22FN3O3. The van der Waals surface area contributed by atoms with Crippen LogP contribution in [0.2, 0.25) is 0 Å². The predicted octanol–water partition coefficient (Wildman–Crippen LogP) is 3.98. The van der Waals surface area contributed by atoms with E-state index in [1.54, 1.807) is 32.4 Å². The third-order valence-corrected chi connectivity index (χ3v) is 4.40. The molecule has 0 saturated heterocycles. The normalized spacial score (nSPS) is 10.6. The Morgan fingerprint density at radius 3 is 2.54 bits per heavy atom. The number of aryl methyl sites for hydroxylation is 1. The molecule has 1 amide bonds. The first-order valence-corrected chi connectivity index (χ1v) is 8.89. The van der Waals surface area contributed by atoms with Crippen LogP contribution in [0.25, 0.3) is 11.3 Å². The van der Waals surface area contributed by atoms with Crippen LogP contribution in [-0.4, -0.2) is 30.3 Å². The molecule has 0 atom stereocenters. The Morgan fingerprint density at radius 1 is 1.14 bits per heavy atom. The van der Waals surface area contributed by atoms with E-state index in [0.717, 1.165) is 16.8 Å². The van der Waals surface area contributed by atoms with Crippen LogP contribution in [0.1, 0.15) is 18.2 Å². The molecule has 1 aromatic heterocycles. The van der Waals surface area contributed by atoms with Gasteiger partial charge in [0.25, 0.3) is 0 Å². The summed E-state index contributed by atoms with van der Waals surface area (Å²) in [5, 5.41) is 10.3. The first-order chi connectivity index (χ1) is 13.5. The second-order valence-electron chi connectivity index (χ2n) is 6.20. The number of carbonyl (C=O) groups excluding carboxylic acids is 1. The molecule has 0 aliphatic carbocycles. The number of hydrogen-bond acceptors (Lipinski definition) is 4. The highest BCUT2D eigenvalue weighted by molar-refractivity contribution is 5.97. The van der Waals surface area contributed by atoms with E-state index in [4.69, 9.17) is 9.47 Å². The molecule has 0 fully saturated rings. The van der Waals surface area contributed by atoms with Gasteiger partial charge in [0.2, 0.25) is 5.91 Å². The third-order valence-electron chi connectivity index (χ3n) is 4.40. The van der Waals surface area contributed by atoms with Gasteiger partial charge in [-0.15, -0.1) is 0 Å². The fraction of sp³-hybridized carbons (Fsp3) is 0.238. The van der Waals surface area contributed by atoms with Crippen LogP contribution in [0.4, 0.5) is 10.1 Å². The monoisotopic (exact) mass is 383 g/mol. The second kappa shape index (κ2) is 8.56. The van der Waals surface area contributed by atoms with Crippen LogP contribution in [-0.2, 0) is 17.6 Å². The highest BCUT2D eigenvalue weighted by atomic mass is 19.1. The van der Waals surface area contributed by atoms with Crippen molar-refractivity contribution < 1.29 is 18.7 Å². The molecule has 2 aromatic carbocycles. The third kappa shape index (κ3) is 4.14. The number of H-pyrrole nitrogens is 1. The maximum Gasteiger partial charge on any atom is 0.228 e. The van der Waals surface area contributed by atoms with E-state index in [1.807, 2.05) is 19.1 Å². The lowest BCUT2D eigenvalue weighted by atomic mass is 10.1. The summed E-state index contributed by atoms with van der Waals surface area (Å²) in [6, 6.07) is 11.3. The number of halogens is 1. The standard InChI is InChI=1S/C21H22FN3O3/c1-4-17-21(23-19(26)11-13-5-7-14(22)8-6-13)20(25-24-17)16-10-9-15(27-2)12-18(16)28-3/h5-10,12H,4,11H2,1-3H3,(H,23,26)(H,24,25). The summed E-state index contributed by atoms with van der Waals surface area (Å²) in [5.41, 5.74) is 3.46. The number of aromatic amines is 1. The van der Waals surface area contributed by atoms with Gasteiger partial charge in [-0.1, -0.05) is 19.1 Å². The Hall–Kier alpha value is -3.35. The van der Waals surface area contributed by atoms with E-state index in [9.17, 15) is 9.18 Å². The summed E-state index contributed by atoms with van der Waals surface area (Å²) in [6.45, 7) is 1.97. The summed E-state index contributed by atoms with van der Waals surface area (Å²) in [6.07, 6.45) is 0.797. The molecule has 0 bridgehead atoms. The zero-order valence-electron chi connectivity index (χ0n) is 16.0. The number of carbonyl (C=O) groups is 1. The predicted molar refractivity (Wildman–Crippen MR) is 105 cm³/mol. The number of ether oxygens (including phenoxy) is 2. The minimum absolute atomic E-state index is 0.133. The van der Waals surface area contributed by atoms with E-state index >= 15 is 0 Å². The fourth-order valence-electron chi connectivity index (χ4n) is 2.93. The highest BCUT2D eigenvalue weighted by Gasteiger charge is 2.20. The lowest BCUT2D eigenvalue weighted by Gasteiger charge is -2.12. The van der Waals surface area contributed by atoms with E-state index in [2.05, 4.69) is 15.5 Å². The maximum absolute atomic E-state index is 13.1. The van der Waals surface area contributed by atoms with Gasteiger partial charge in [0.1, 0.15) is 23.0 Å². The average molecular weight is 383 g/mol. The minimum Gasteiger partial charge on any atom is -0.497 e. The van der Waals surface area contributed by atoms with Gasteiger partial charge in [0.15, 0.2) is 0 Å². The number of hydrogen-bond donors (Lipinski definition) is 2. The Kier molecular flexibility index (Phi) is 5.93. The molecule has 0 unspecified atom stereocenters. The zero-order chi connectivity index (χ0) is 20.1. The van der Waals surface area contributed by atoms with E-state index in [0.29, 0.717) is 29.3 Å². The molecule has 28 heavy (non-hydrogen) atoms. The van der Waals surface area contributed by atoms with Crippen molar-refractivity contribution >= 4 is 11.6 Å². The molecule has 0 saturated carbocycles. The lowest BCUT2D eigenvalue weighted by Crippen LogP contribution is -2.15. The van der Waals surface area contributed by atoms with Gasteiger partial charge in [-0.3, -0.25) is 9.89 Å². The maximum atomic E-state index is 13.1. The van der Waals surface area contributed by atoms with Crippen molar-refractivity contribution in [3.63, 3.8) is 0 Å². The van der Waals surface area contributed by atoms with Crippen LogP contribution in [0.15, 0.2) is 42.5 Å². The first-order valence-electron chi connectivity index (χ1n) is 8.89. The van der Waals surface area contributed by atoms with Gasteiger partial charge in [-0.2, -0.15) is 5.10 Å². The summed E-state index contributed by atoms with van der Waals surface area (Å²) in [4.78, 5) is 12.6. The Morgan fingerprint density at radius 2 is 1.89 bits per heavy atom. The van der Waals surface area contributed by atoms with Crippen LogP contribution in [0, 0.1) is 5.82 Å². The number of nitrogens with one attached hydrogen (secondary N) is 2. The van der Waals surface area contributed by atoms with Crippen LogP contribution in [0.3, 0.4) is 0 Å².